The largest absolute Gasteiger partial charge is 0.481 e. The number of aromatic amines is 2. The molecule has 2 aromatic heterocycles. The maximum absolute atomic E-state index is 13.4. The van der Waals surface area contributed by atoms with Crippen LogP contribution < -0.4 is 21.7 Å². The van der Waals surface area contributed by atoms with Gasteiger partial charge < -0.3 is 41.9 Å². The van der Waals surface area contributed by atoms with E-state index in [9.17, 15) is 34.2 Å². The fourth-order valence-corrected chi connectivity index (χ4v) is 4.48. The molecule has 226 valence electrons. The second kappa shape index (κ2) is 14.8. The fraction of sp³-hybridized carbons (Fsp3) is 0.429. The van der Waals surface area contributed by atoms with E-state index in [1.807, 2.05) is 31.2 Å². The van der Waals surface area contributed by atoms with Crippen LogP contribution in [-0.4, -0.2) is 79.0 Å². The molecule has 0 radical (unpaired) electrons. The van der Waals surface area contributed by atoms with Gasteiger partial charge in [-0.2, -0.15) is 0 Å². The molecule has 0 fully saturated rings. The maximum Gasteiger partial charge on any atom is 0.326 e. The lowest BCUT2D eigenvalue weighted by Crippen LogP contribution is -2.59. The van der Waals surface area contributed by atoms with Crippen LogP contribution in [0.5, 0.6) is 0 Å². The number of amides is 3. The molecular weight excluding hydrogens is 546 g/mol. The first-order valence-corrected chi connectivity index (χ1v) is 13.6. The van der Waals surface area contributed by atoms with E-state index in [-0.39, 0.29) is 25.2 Å². The molecule has 0 aliphatic heterocycles. The molecule has 14 heteroatoms. The van der Waals surface area contributed by atoms with Crippen molar-refractivity contribution in [2.24, 2.45) is 11.7 Å². The van der Waals surface area contributed by atoms with E-state index in [1.54, 1.807) is 13.1 Å². The van der Waals surface area contributed by atoms with Gasteiger partial charge in [0, 0.05) is 48.3 Å². The van der Waals surface area contributed by atoms with Gasteiger partial charge in [-0.05, 0) is 24.0 Å². The van der Waals surface area contributed by atoms with Crippen molar-refractivity contribution in [2.75, 3.05) is 0 Å². The van der Waals surface area contributed by atoms with Gasteiger partial charge in [-0.15, -0.1) is 0 Å². The molecule has 0 saturated heterocycles. The van der Waals surface area contributed by atoms with Gasteiger partial charge in [-0.1, -0.05) is 38.5 Å². The highest BCUT2D eigenvalue weighted by molar-refractivity contribution is 5.94. The Morgan fingerprint density at radius 1 is 0.952 bits per heavy atom. The number of H-pyrrole nitrogens is 2. The zero-order valence-electron chi connectivity index (χ0n) is 23.4. The molecule has 5 atom stereocenters. The van der Waals surface area contributed by atoms with Gasteiger partial charge in [0.15, 0.2) is 0 Å². The van der Waals surface area contributed by atoms with Gasteiger partial charge in [0.05, 0.1) is 12.4 Å². The Morgan fingerprint density at radius 2 is 1.67 bits per heavy atom. The highest BCUT2D eigenvalue weighted by atomic mass is 16.4. The van der Waals surface area contributed by atoms with Crippen LogP contribution in [0.2, 0.25) is 0 Å². The number of imidazole rings is 1. The number of carboxylic acids is 2. The summed E-state index contributed by atoms with van der Waals surface area (Å²) < 4.78 is 0. The lowest BCUT2D eigenvalue weighted by Gasteiger charge is -2.28. The number of hydrogen-bond acceptors (Lipinski definition) is 7. The number of carbonyl (C=O) groups is 5. The van der Waals surface area contributed by atoms with Crippen LogP contribution in [0.15, 0.2) is 43.0 Å². The molecule has 3 amide bonds. The first-order chi connectivity index (χ1) is 20.0. The van der Waals surface area contributed by atoms with Crippen molar-refractivity contribution in [2.45, 2.75) is 70.1 Å². The van der Waals surface area contributed by atoms with Crippen LogP contribution >= 0.6 is 0 Å². The number of carbonyl (C=O) groups excluding carboxylic acids is 3. The molecule has 0 saturated carbocycles. The van der Waals surface area contributed by atoms with E-state index < -0.39 is 60.2 Å². The summed E-state index contributed by atoms with van der Waals surface area (Å²) in [6, 6.07) is 2.49. The van der Waals surface area contributed by atoms with E-state index in [0.29, 0.717) is 17.7 Å². The monoisotopic (exact) mass is 583 g/mol. The summed E-state index contributed by atoms with van der Waals surface area (Å²) in [5, 5.41) is 27.5. The summed E-state index contributed by atoms with van der Waals surface area (Å²) >= 11 is 0. The van der Waals surface area contributed by atoms with Gasteiger partial charge >= 0.3 is 11.9 Å². The summed E-state index contributed by atoms with van der Waals surface area (Å²) in [5.41, 5.74) is 8.12. The van der Waals surface area contributed by atoms with Crippen LogP contribution in [0.3, 0.4) is 0 Å². The number of carboxylic acid groups (broad SMARTS) is 2. The number of aliphatic carboxylic acids is 2. The summed E-state index contributed by atoms with van der Waals surface area (Å²) in [6.45, 7) is 3.55. The minimum absolute atomic E-state index is 0.0511. The zero-order valence-corrected chi connectivity index (χ0v) is 23.4. The van der Waals surface area contributed by atoms with Crippen molar-refractivity contribution < 1.29 is 34.2 Å². The number of aromatic nitrogens is 3. The second-order valence-electron chi connectivity index (χ2n) is 10.2. The molecule has 14 nitrogen and oxygen atoms in total. The number of rotatable bonds is 16. The highest BCUT2D eigenvalue weighted by Gasteiger charge is 2.33. The van der Waals surface area contributed by atoms with Gasteiger partial charge in [-0.25, -0.2) is 9.78 Å². The molecule has 0 aliphatic carbocycles. The normalized spacial score (nSPS) is 14.7. The Morgan fingerprint density at radius 3 is 2.31 bits per heavy atom. The van der Waals surface area contributed by atoms with E-state index in [4.69, 9.17) is 5.73 Å². The van der Waals surface area contributed by atoms with Crippen LogP contribution in [0.1, 0.15) is 44.4 Å². The number of hydrogen-bond donors (Lipinski definition) is 8. The number of nitrogens with two attached hydrogens (primary N) is 1. The van der Waals surface area contributed by atoms with E-state index in [0.717, 1.165) is 10.9 Å². The van der Waals surface area contributed by atoms with Crippen molar-refractivity contribution in [3.63, 3.8) is 0 Å². The Bertz CT molecular complexity index is 1390. The standard InChI is InChI=1S/C28H37N7O7/c1-3-15(2)24(35-25(38)19(29)11-17-13-30-14-32-17)27(40)33-21(8-9-23(36)37)26(39)34-22(28(41)42)10-16-12-31-20-7-5-4-6-18(16)20/h4-7,12-15,19,21-22,24,31H,3,8-11,29H2,1-2H3,(H,30,32)(H,33,40)(H,34,39)(H,35,38)(H,36,37)(H,41,42). The Hall–Kier alpha value is -4.72. The molecule has 5 unspecified atom stereocenters. The quantitative estimate of drug-likeness (QED) is 0.117. The van der Waals surface area contributed by atoms with Crippen molar-refractivity contribution in [1.82, 2.24) is 30.9 Å². The maximum atomic E-state index is 13.4. The minimum atomic E-state index is -1.37. The number of para-hydroxylation sites is 1. The first-order valence-electron chi connectivity index (χ1n) is 13.6. The van der Waals surface area contributed by atoms with Crippen molar-refractivity contribution in [3.05, 3.63) is 54.2 Å². The van der Waals surface area contributed by atoms with Crippen molar-refractivity contribution in [1.29, 1.82) is 0 Å². The van der Waals surface area contributed by atoms with E-state index in [1.165, 1.54) is 12.5 Å². The molecule has 9 N–H and O–H groups in total. The third kappa shape index (κ3) is 8.64. The fourth-order valence-electron chi connectivity index (χ4n) is 4.48. The Balaban J connectivity index is 1.74. The predicted octanol–water partition coefficient (Wildman–Crippen LogP) is 0.453. The average molecular weight is 584 g/mol. The predicted molar refractivity (Wildman–Crippen MR) is 152 cm³/mol. The molecule has 0 bridgehead atoms. The van der Waals surface area contributed by atoms with Crippen LogP contribution in [0.4, 0.5) is 0 Å². The lowest BCUT2D eigenvalue weighted by molar-refractivity contribution is -0.143. The topological polar surface area (TPSA) is 232 Å². The summed E-state index contributed by atoms with van der Waals surface area (Å²) in [6.07, 6.45) is 4.47. The number of nitrogens with zero attached hydrogens (tertiary/aromatic N) is 1. The first kappa shape index (κ1) is 31.8. The van der Waals surface area contributed by atoms with Crippen molar-refractivity contribution >= 4 is 40.6 Å². The van der Waals surface area contributed by atoms with Crippen LogP contribution in [0.25, 0.3) is 10.9 Å². The molecule has 42 heavy (non-hydrogen) atoms. The van der Waals surface area contributed by atoms with E-state index in [2.05, 4.69) is 30.9 Å². The minimum Gasteiger partial charge on any atom is -0.481 e. The van der Waals surface area contributed by atoms with Gasteiger partial charge in [0.2, 0.25) is 17.7 Å². The van der Waals surface area contributed by atoms with Crippen LogP contribution in [0, 0.1) is 5.92 Å². The molecule has 3 aromatic rings. The summed E-state index contributed by atoms with van der Waals surface area (Å²) in [7, 11) is 0. The molecule has 2 heterocycles. The average Bonchev–Trinajstić information content (AvgIpc) is 3.62. The molecule has 0 spiro atoms. The smallest absolute Gasteiger partial charge is 0.326 e. The number of fused-ring (bicyclic) bond motifs is 1. The molecule has 3 rings (SSSR count). The molecule has 0 aliphatic rings. The van der Waals surface area contributed by atoms with Gasteiger partial charge in [-0.3, -0.25) is 19.2 Å². The summed E-state index contributed by atoms with van der Waals surface area (Å²) in [4.78, 5) is 72.6. The highest BCUT2D eigenvalue weighted by Crippen LogP contribution is 2.19. The third-order valence-electron chi connectivity index (χ3n) is 7.12. The van der Waals surface area contributed by atoms with Gasteiger partial charge in [0.1, 0.15) is 18.1 Å². The summed E-state index contributed by atoms with van der Waals surface area (Å²) in [5.74, 6) is -5.05. The van der Waals surface area contributed by atoms with Crippen molar-refractivity contribution in [3.8, 4) is 0 Å². The molecular formula is C28H37N7O7. The van der Waals surface area contributed by atoms with E-state index >= 15 is 0 Å². The molecule has 1 aromatic carbocycles. The third-order valence-corrected chi connectivity index (χ3v) is 7.12. The Kier molecular flexibility index (Phi) is 11.2. The number of nitrogens with one attached hydrogen (secondary N) is 5. The SMILES string of the molecule is CCC(C)C(NC(=O)C(N)Cc1cnc[nH]1)C(=O)NC(CCC(=O)O)C(=O)NC(Cc1c[nH]c2ccccc12)C(=O)O. The van der Waals surface area contributed by atoms with Gasteiger partial charge in [0.25, 0.3) is 0 Å². The Labute approximate surface area is 241 Å². The zero-order chi connectivity index (χ0) is 30.8. The van der Waals surface area contributed by atoms with Crippen LogP contribution in [-0.2, 0) is 36.8 Å². The lowest BCUT2D eigenvalue weighted by atomic mass is 9.96. The number of benzene rings is 1. The second-order valence-corrected chi connectivity index (χ2v) is 10.2.